The zero-order chi connectivity index (χ0) is 16.4. The van der Waals surface area contributed by atoms with Gasteiger partial charge in [-0.1, -0.05) is 0 Å². The molecule has 0 spiro atoms. The summed E-state index contributed by atoms with van der Waals surface area (Å²) in [4.78, 5) is 12.1. The van der Waals surface area contributed by atoms with E-state index in [1.54, 1.807) is 0 Å². The number of nitrogens with one attached hydrogen (secondary N) is 2. The fraction of sp³-hybridized carbons (Fsp3) is 0.929. The van der Waals surface area contributed by atoms with E-state index in [1.165, 1.54) is 0 Å². The third-order valence-corrected chi connectivity index (χ3v) is 4.82. The molecule has 1 saturated carbocycles. The van der Waals surface area contributed by atoms with Crippen molar-refractivity contribution >= 4 is 5.91 Å². The van der Waals surface area contributed by atoms with Gasteiger partial charge in [0.1, 0.15) is 5.41 Å². The van der Waals surface area contributed by atoms with Crippen LogP contribution in [0, 0.1) is 11.3 Å². The van der Waals surface area contributed by atoms with Crippen molar-refractivity contribution in [1.82, 2.24) is 10.6 Å². The minimum absolute atomic E-state index is 0.0418. The molecule has 2 fully saturated rings. The molecule has 2 N–H and O–H groups in total. The van der Waals surface area contributed by atoms with Crippen LogP contribution in [0.2, 0.25) is 0 Å². The van der Waals surface area contributed by atoms with Gasteiger partial charge in [-0.3, -0.25) is 4.79 Å². The molecule has 0 atom stereocenters. The molecule has 22 heavy (non-hydrogen) atoms. The van der Waals surface area contributed by atoms with Gasteiger partial charge in [-0.25, -0.2) is 8.78 Å². The van der Waals surface area contributed by atoms with Gasteiger partial charge >= 0.3 is 6.18 Å². The van der Waals surface area contributed by atoms with Gasteiger partial charge in [-0.2, -0.15) is 13.2 Å². The van der Waals surface area contributed by atoms with E-state index in [0.717, 1.165) is 0 Å². The SMILES string of the molecule is O=C(NCC1CCC(F)(F)CC1)C1(C(F)(F)F)CCNCC1. The average molecular weight is 328 g/mol. The first-order valence-corrected chi connectivity index (χ1v) is 7.60. The van der Waals surface area contributed by atoms with E-state index < -0.39 is 23.4 Å². The first-order chi connectivity index (χ1) is 10.2. The van der Waals surface area contributed by atoms with Crippen LogP contribution in [0.3, 0.4) is 0 Å². The van der Waals surface area contributed by atoms with Gasteiger partial charge in [0.25, 0.3) is 0 Å². The summed E-state index contributed by atoms with van der Waals surface area (Å²) in [5.41, 5.74) is -2.35. The van der Waals surface area contributed by atoms with Crippen LogP contribution in [-0.4, -0.2) is 37.6 Å². The van der Waals surface area contributed by atoms with E-state index in [9.17, 15) is 26.7 Å². The fourth-order valence-electron chi connectivity index (χ4n) is 3.20. The van der Waals surface area contributed by atoms with Crippen LogP contribution in [0.4, 0.5) is 22.0 Å². The molecular weight excluding hydrogens is 307 g/mol. The van der Waals surface area contributed by atoms with Gasteiger partial charge in [0.05, 0.1) is 0 Å². The van der Waals surface area contributed by atoms with Crippen LogP contribution in [0.1, 0.15) is 38.5 Å². The highest BCUT2D eigenvalue weighted by Gasteiger charge is 2.60. The normalized spacial score (nSPS) is 25.7. The molecule has 0 aromatic heterocycles. The Morgan fingerprint density at radius 1 is 1.09 bits per heavy atom. The van der Waals surface area contributed by atoms with Crippen molar-refractivity contribution in [3.8, 4) is 0 Å². The predicted molar refractivity (Wildman–Crippen MR) is 70.5 cm³/mol. The molecule has 1 heterocycles. The Labute approximate surface area is 126 Å². The zero-order valence-corrected chi connectivity index (χ0v) is 12.2. The minimum atomic E-state index is -4.60. The molecule has 1 saturated heterocycles. The lowest BCUT2D eigenvalue weighted by Crippen LogP contribution is -2.56. The van der Waals surface area contributed by atoms with Crippen LogP contribution in [0.5, 0.6) is 0 Å². The largest absolute Gasteiger partial charge is 0.403 e. The lowest BCUT2D eigenvalue weighted by Gasteiger charge is -2.38. The number of hydrogen-bond donors (Lipinski definition) is 2. The highest BCUT2D eigenvalue weighted by molar-refractivity contribution is 5.83. The molecule has 0 radical (unpaired) electrons. The monoisotopic (exact) mass is 328 g/mol. The first-order valence-electron chi connectivity index (χ1n) is 7.60. The zero-order valence-electron chi connectivity index (χ0n) is 12.2. The number of halogens is 5. The number of carbonyl (C=O) groups excluding carboxylic acids is 1. The number of carbonyl (C=O) groups is 1. The molecule has 0 unspecified atom stereocenters. The van der Waals surface area contributed by atoms with E-state index in [-0.39, 0.29) is 64.1 Å². The van der Waals surface area contributed by atoms with Gasteiger partial charge in [0.15, 0.2) is 0 Å². The van der Waals surface area contributed by atoms with Crippen molar-refractivity contribution in [2.24, 2.45) is 11.3 Å². The molecule has 8 heteroatoms. The standard InChI is InChI=1S/C14H21F5N2O/c15-13(16)3-1-10(2-4-13)9-21-11(22)12(14(17,18)19)5-7-20-8-6-12/h10,20H,1-9H2,(H,21,22). The second kappa shape index (κ2) is 6.29. The fourth-order valence-corrected chi connectivity index (χ4v) is 3.20. The van der Waals surface area contributed by atoms with Gasteiger partial charge in [0.2, 0.25) is 11.8 Å². The molecule has 2 aliphatic rings. The minimum Gasteiger partial charge on any atom is -0.355 e. The molecule has 0 aromatic carbocycles. The molecule has 0 bridgehead atoms. The summed E-state index contributed by atoms with van der Waals surface area (Å²) in [5.74, 6) is -3.86. The highest BCUT2D eigenvalue weighted by Crippen LogP contribution is 2.45. The number of rotatable bonds is 3. The van der Waals surface area contributed by atoms with Gasteiger partial charge in [-0.05, 0) is 44.7 Å². The molecular formula is C14H21F5N2O. The first kappa shape index (κ1) is 17.4. The van der Waals surface area contributed by atoms with Crippen LogP contribution in [-0.2, 0) is 4.79 Å². The van der Waals surface area contributed by atoms with E-state index >= 15 is 0 Å². The smallest absolute Gasteiger partial charge is 0.355 e. The molecule has 1 amide bonds. The predicted octanol–water partition coefficient (Wildman–Crippen LogP) is 2.86. The van der Waals surface area contributed by atoms with E-state index in [2.05, 4.69) is 10.6 Å². The molecule has 2 rings (SSSR count). The Hall–Kier alpha value is -0.920. The van der Waals surface area contributed by atoms with Gasteiger partial charge < -0.3 is 10.6 Å². The molecule has 0 aromatic rings. The van der Waals surface area contributed by atoms with E-state index in [0.29, 0.717) is 0 Å². The van der Waals surface area contributed by atoms with Crippen LogP contribution in [0.25, 0.3) is 0 Å². The number of hydrogen-bond acceptors (Lipinski definition) is 2. The lowest BCUT2D eigenvalue weighted by atomic mass is 9.77. The van der Waals surface area contributed by atoms with Crippen molar-refractivity contribution in [2.75, 3.05) is 19.6 Å². The maximum absolute atomic E-state index is 13.3. The highest BCUT2D eigenvalue weighted by atomic mass is 19.4. The summed E-state index contributed by atoms with van der Waals surface area (Å²) in [5, 5.41) is 5.18. The Morgan fingerprint density at radius 3 is 2.14 bits per heavy atom. The summed E-state index contributed by atoms with van der Waals surface area (Å²) >= 11 is 0. The van der Waals surface area contributed by atoms with Crippen molar-refractivity contribution in [1.29, 1.82) is 0 Å². The van der Waals surface area contributed by atoms with Crippen molar-refractivity contribution < 1.29 is 26.7 Å². The van der Waals surface area contributed by atoms with Gasteiger partial charge in [-0.15, -0.1) is 0 Å². The second-order valence-corrected chi connectivity index (χ2v) is 6.34. The number of piperidine rings is 1. The van der Waals surface area contributed by atoms with Crippen LogP contribution < -0.4 is 10.6 Å². The maximum atomic E-state index is 13.3. The van der Waals surface area contributed by atoms with Crippen LogP contribution in [0.15, 0.2) is 0 Å². The Balaban J connectivity index is 1.92. The summed E-state index contributed by atoms with van der Waals surface area (Å²) in [6.45, 7) is 0.325. The van der Waals surface area contributed by atoms with Crippen molar-refractivity contribution in [3.05, 3.63) is 0 Å². The average Bonchev–Trinajstić information content (AvgIpc) is 2.45. The summed E-state index contributed by atoms with van der Waals surface area (Å²) < 4.78 is 66.1. The van der Waals surface area contributed by atoms with E-state index in [4.69, 9.17) is 0 Å². The Morgan fingerprint density at radius 2 is 1.64 bits per heavy atom. The van der Waals surface area contributed by atoms with E-state index in [1.807, 2.05) is 0 Å². The third kappa shape index (κ3) is 3.70. The van der Waals surface area contributed by atoms with Gasteiger partial charge in [0, 0.05) is 19.4 Å². The number of alkyl halides is 5. The maximum Gasteiger partial charge on any atom is 0.403 e. The summed E-state index contributed by atoms with van der Waals surface area (Å²) in [7, 11) is 0. The Bertz CT molecular complexity index is 395. The van der Waals surface area contributed by atoms with Crippen molar-refractivity contribution in [2.45, 2.75) is 50.6 Å². The number of amides is 1. The topological polar surface area (TPSA) is 41.1 Å². The Kier molecular flexibility index (Phi) is 4.99. The molecule has 128 valence electrons. The lowest BCUT2D eigenvalue weighted by molar-refractivity contribution is -0.228. The molecule has 1 aliphatic heterocycles. The molecule has 1 aliphatic carbocycles. The summed E-state index contributed by atoms with van der Waals surface area (Å²) in [6.07, 6.45) is -5.24. The quantitative estimate of drug-likeness (QED) is 0.782. The van der Waals surface area contributed by atoms with Crippen molar-refractivity contribution in [3.63, 3.8) is 0 Å². The molecule has 3 nitrogen and oxygen atoms in total. The third-order valence-electron chi connectivity index (χ3n) is 4.82. The second-order valence-electron chi connectivity index (χ2n) is 6.34. The summed E-state index contributed by atoms with van der Waals surface area (Å²) in [6, 6.07) is 0. The van der Waals surface area contributed by atoms with Crippen LogP contribution >= 0.6 is 0 Å².